The summed E-state index contributed by atoms with van der Waals surface area (Å²) < 4.78 is 1.81. The third-order valence-electron chi connectivity index (χ3n) is 2.22. The lowest BCUT2D eigenvalue weighted by molar-refractivity contribution is 0.0698. The summed E-state index contributed by atoms with van der Waals surface area (Å²) in [5, 5.41) is 14.6. The van der Waals surface area contributed by atoms with Gasteiger partial charge in [0.15, 0.2) is 5.13 Å². The summed E-state index contributed by atoms with van der Waals surface area (Å²) in [5.41, 5.74) is 0.130. The molecule has 110 valence electrons. The number of hydrogen-bond acceptors (Lipinski definition) is 4. The number of amides is 2. The molecule has 0 aliphatic rings. The summed E-state index contributed by atoms with van der Waals surface area (Å²) in [4.78, 5) is 27.1. The predicted octanol–water partition coefficient (Wildman–Crippen LogP) is 4.77. The van der Waals surface area contributed by atoms with E-state index in [0.29, 0.717) is 14.1 Å². The van der Waals surface area contributed by atoms with E-state index >= 15 is 0 Å². The van der Waals surface area contributed by atoms with Crippen LogP contribution in [0.5, 0.6) is 0 Å². The number of hydrogen-bond donors (Lipinski definition) is 3. The van der Waals surface area contributed by atoms with Gasteiger partial charge in [-0.15, -0.1) is 0 Å². The van der Waals surface area contributed by atoms with Crippen LogP contribution in [0.3, 0.4) is 0 Å². The number of nitrogens with zero attached hydrogens (tertiary/aromatic N) is 1. The number of carbonyl (C=O) groups excluding carboxylic acids is 1. The van der Waals surface area contributed by atoms with Gasteiger partial charge in [0, 0.05) is 8.95 Å². The number of aromatic carboxylic acids is 1. The van der Waals surface area contributed by atoms with Gasteiger partial charge >= 0.3 is 12.0 Å². The van der Waals surface area contributed by atoms with Gasteiger partial charge in [0.1, 0.15) is 0 Å². The fourth-order valence-electron chi connectivity index (χ4n) is 1.42. The van der Waals surface area contributed by atoms with Crippen LogP contribution in [0.2, 0.25) is 0 Å². The molecular weight excluding hydrogens is 494 g/mol. The second kappa shape index (κ2) is 6.86. The zero-order valence-electron chi connectivity index (χ0n) is 9.99. The first-order valence-electron chi connectivity index (χ1n) is 5.28. The van der Waals surface area contributed by atoms with Crippen LogP contribution in [0.1, 0.15) is 10.4 Å². The van der Waals surface area contributed by atoms with Gasteiger partial charge in [-0.25, -0.2) is 14.6 Å². The molecule has 0 saturated heterocycles. The predicted molar refractivity (Wildman–Crippen MR) is 91.3 cm³/mol. The second-order valence-corrected chi connectivity index (χ2v) is 7.84. The molecule has 1 aromatic carbocycles. The Kier molecular flexibility index (Phi) is 5.36. The van der Waals surface area contributed by atoms with Crippen LogP contribution in [0, 0.1) is 0 Å². The monoisotopic (exact) mass is 497 g/mol. The number of anilines is 2. The Labute approximate surface area is 148 Å². The lowest BCUT2D eigenvalue weighted by atomic mass is 10.2. The van der Waals surface area contributed by atoms with Crippen molar-refractivity contribution in [2.75, 3.05) is 10.6 Å². The summed E-state index contributed by atoms with van der Waals surface area (Å²) in [7, 11) is 0. The molecule has 1 heterocycles. The molecule has 2 amide bonds. The van der Waals surface area contributed by atoms with Crippen LogP contribution < -0.4 is 10.6 Å². The number of benzene rings is 1. The minimum atomic E-state index is -1.15. The lowest BCUT2D eigenvalue weighted by Gasteiger charge is -2.11. The molecule has 0 atom stereocenters. The lowest BCUT2D eigenvalue weighted by Crippen LogP contribution is -2.21. The van der Waals surface area contributed by atoms with Crippen molar-refractivity contribution in [1.82, 2.24) is 4.98 Å². The standard InChI is InChI=1S/C11H6Br3N3O3S/c12-4-1-5(9(18)19)8(6(13)2-4)16-10(20)17-11-15-3-7(14)21-11/h1-3H,(H,18,19)(H2,15,16,17,20). The average Bonchev–Trinajstić information content (AvgIpc) is 2.77. The number of carbonyl (C=O) groups is 2. The van der Waals surface area contributed by atoms with Gasteiger partial charge in [-0.1, -0.05) is 27.3 Å². The molecular formula is C11H6Br3N3O3S. The van der Waals surface area contributed by atoms with Crippen LogP contribution >= 0.6 is 59.1 Å². The third-order valence-corrected chi connectivity index (χ3v) is 4.70. The number of halogens is 3. The molecule has 10 heteroatoms. The summed E-state index contributed by atoms with van der Waals surface area (Å²) in [5.74, 6) is -1.15. The van der Waals surface area contributed by atoms with Crippen molar-refractivity contribution in [3.8, 4) is 0 Å². The fraction of sp³-hybridized carbons (Fsp3) is 0. The van der Waals surface area contributed by atoms with Gasteiger partial charge < -0.3 is 10.4 Å². The van der Waals surface area contributed by atoms with Gasteiger partial charge in [0.25, 0.3) is 0 Å². The molecule has 0 saturated carbocycles. The smallest absolute Gasteiger partial charge is 0.337 e. The van der Waals surface area contributed by atoms with Gasteiger partial charge in [-0.05, 0) is 44.0 Å². The summed E-state index contributed by atoms with van der Waals surface area (Å²) >= 11 is 10.9. The van der Waals surface area contributed by atoms with Crippen molar-refractivity contribution < 1.29 is 14.7 Å². The number of aromatic nitrogens is 1. The maximum absolute atomic E-state index is 11.9. The fourth-order valence-corrected chi connectivity index (χ4v) is 3.85. The van der Waals surface area contributed by atoms with E-state index in [1.165, 1.54) is 17.4 Å². The maximum Gasteiger partial charge on any atom is 0.337 e. The van der Waals surface area contributed by atoms with E-state index in [0.717, 1.165) is 3.79 Å². The van der Waals surface area contributed by atoms with Crippen molar-refractivity contribution in [3.63, 3.8) is 0 Å². The average molecular weight is 500 g/mol. The van der Waals surface area contributed by atoms with Crippen molar-refractivity contribution in [1.29, 1.82) is 0 Å². The second-order valence-electron chi connectivity index (χ2n) is 3.66. The quantitative estimate of drug-likeness (QED) is 0.567. The van der Waals surface area contributed by atoms with E-state index in [4.69, 9.17) is 0 Å². The van der Waals surface area contributed by atoms with Crippen molar-refractivity contribution in [2.45, 2.75) is 0 Å². The molecule has 0 radical (unpaired) electrons. The highest BCUT2D eigenvalue weighted by Crippen LogP contribution is 2.31. The molecule has 2 rings (SSSR count). The van der Waals surface area contributed by atoms with Gasteiger partial charge in [0.05, 0.1) is 21.2 Å². The Morgan fingerprint density at radius 2 is 1.90 bits per heavy atom. The SMILES string of the molecule is O=C(Nc1ncc(Br)s1)Nc1c(Br)cc(Br)cc1C(=O)O. The maximum atomic E-state index is 11.9. The topological polar surface area (TPSA) is 91.3 Å². The number of carboxylic acids is 1. The molecule has 3 N–H and O–H groups in total. The molecule has 6 nitrogen and oxygen atoms in total. The highest BCUT2D eigenvalue weighted by Gasteiger charge is 2.17. The summed E-state index contributed by atoms with van der Waals surface area (Å²) in [6.07, 6.45) is 1.55. The zero-order valence-corrected chi connectivity index (χ0v) is 15.6. The molecule has 0 bridgehead atoms. The number of carboxylic acid groups (broad SMARTS) is 1. The highest BCUT2D eigenvalue weighted by atomic mass is 79.9. The van der Waals surface area contributed by atoms with E-state index in [1.54, 1.807) is 12.3 Å². The van der Waals surface area contributed by atoms with E-state index in [9.17, 15) is 14.7 Å². The highest BCUT2D eigenvalue weighted by molar-refractivity contribution is 9.11. The van der Waals surface area contributed by atoms with Crippen LogP contribution in [0.25, 0.3) is 0 Å². The third kappa shape index (κ3) is 4.25. The Morgan fingerprint density at radius 1 is 1.19 bits per heavy atom. The number of thiazole rings is 1. The number of rotatable bonds is 3. The Hall–Kier alpha value is -0.970. The van der Waals surface area contributed by atoms with Gasteiger partial charge in [0.2, 0.25) is 0 Å². The largest absolute Gasteiger partial charge is 0.478 e. The normalized spacial score (nSPS) is 10.2. The zero-order chi connectivity index (χ0) is 15.6. The first kappa shape index (κ1) is 16.4. The summed E-state index contributed by atoms with van der Waals surface area (Å²) in [6.45, 7) is 0. The number of urea groups is 1. The number of nitrogens with one attached hydrogen (secondary N) is 2. The molecule has 1 aromatic heterocycles. The molecule has 0 aliphatic carbocycles. The van der Waals surface area contributed by atoms with Crippen LogP contribution in [0.4, 0.5) is 15.6 Å². The van der Waals surface area contributed by atoms with Crippen LogP contribution in [-0.4, -0.2) is 22.1 Å². The van der Waals surface area contributed by atoms with E-state index in [2.05, 4.69) is 63.4 Å². The van der Waals surface area contributed by atoms with Gasteiger partial charge in [-0.3, -0.25) is 5.32 Å². The van der Waals surface area contributed by atoms with E-state index in [1.807, 2.05) is 0 Å². The molecule has 0 aliphatic heterocycles. The molecule has 0 unspecified atom stereocenters. The first-order chi connectivity index (χ1) is 9.86. The Balaban J connectivity index is 2.22. The van der Waals surface area contributed by atoms with Gasteiger partial charge in [-0.2, -0.15) is 0 Å². The minimum Gasteiger partial charge on any atom is -0.478 e. The minimum absolute atomic E-state index is 0.0354. The molecule has 2 aromatic rings. The molecule has 0 fully saturated rings. The van der Waals surface area contributed by atoms with Crippen molar-refractivity contribution >= 4 is 81.9 Å². The van der Waals surface area contributed by atoms with E-state index in [-0.39, 0.29) is 11.3 Å². The summed E-state index contributed by atoms with van der Waals surface area (Å²) in [6, 6.07) is 2.47. The van der Waals surface area contributed by atoms with E-state index < -0.39 is 12.0 Å². The Morgan fingerprint density at radius 3 is 2.48 bits per heavy atom. The van der Waals surface area contributed by atoms with Crippen molar-refractivity contribution in [3.05, 3.63) is 36.6 Å². The first-order valence-corrected chi connectivity index (χ1v) is 8.48. The van der Waals surface area contributed by atoms with Crippen LogP contribution in [0.15, 0.2) is 31.1 Å². The molecule has 21 heavy (non-hydrogen) atoms. The van der Waals surface area contributed by atoms with Crippen molar-refractivity contribution in [2.24, 2.45) is 0 Å². The van der Waals surface area contributed by atoms with Crippen LogP contribution in [-0.2, 0) is 0 Å². The Bertz CT molecular complexity index is 720. The molecule has 0 spiro atoms.